The van der Waals surface area contributed by atoms with Crippen molar-refractivity contribution in [3.05, 3.63) is 22.5 Å². The van der Waals surface area contributed by atoms with Crippen molar-refractivity contribution in [3.8, 4) is 0 Å². The largest absolute Gasteiger partial charge is 0.465 e. The average molecular weight is 278 g/mol. The second kappa shape index (κ2) is 5.31. The Morgan fingerprint density at radius 1 is 1.20 bits per heavy atom. The predicted octanol–water partition coefficient (Wildman–Crippen LogP) is 1.91. The van der Waals surface area contributed by atoms with Gasteiger partial charge in [-0.05, 0) is 26.2 Å². The number of nitrogens with zero attached hydrogens (tertiary/aromatic N) is 2. The Labute approximate surface area is 119 Å². The number of hydrogen-bond acceptors (Lipinski definition) is 3. The van der Waals surface area contributed by atoms with E-state index in [-0.39, 0.29) is 5.91 Å². The van der Waals surface area contributed by atoms with E-state index in [2.05, 4.69) is 6.92 Å². The Hall–Kier alpha value is -1.78. The van der Waals surface area contributed by atoms with Gasteiger partial charge < -0.3 is 14.2 Å². The summed E-state index contributed by atoms with van der Waals surface area (Å²) in [7, 11) is 3.21. The third kappa shape index (κ3) is 2.21. The minimum atomic E-state index is -0.443. The number of methoxy groups -OCH3 is 1. The van der Waals surface area contributed by atoms with Crippen LogP contribution in [0.2, 0.25) is 0 Å². The number of carbonyl (C=O) groups is 2. The van der Waals surface area contributed by atoms with E-state index in [0.717, 1.165) is 30.9 Å². The molecule has 110 valence electrons. The van der Waals surface area contributed by atoms with E-state index in [1.165, 1.54) is 7.11 Å². The Morgan fingerprint density at radius 3 is 2.30 bits per heavy atom. The zero-order chi connectivity index (χ0) is 15.0. The number of rotatable bonds is 2. The van der Waals surface area contributed by atoms with Gasteiger partial charge in [-0.2, -0.15) is 0 Å². The minimum Gasteiger partial charge on any atom is -0.465 e. The second-order valence-corrected chi connectivity index (χ2v) is 5.62. The van der Waals surface area contributed by atoms with Gasteiger partial charge in [-0.3, -0.25) is 4.79 Å². The molecule has 1 atom stereocenters. The van der Waals surface area contributed by atoms with Gasteiger partial charge in [-0.1, -0.05) is 6.92 Å². The van der Waals surface area contributed by atoms with E-state index in [9.17, 15) is 9.59 Å². The number of aromatic nitrogens is 1. The van der Waals surface area contributed by atoms with E-state index in [4.69, 9.17) is 4.74 Å². The first kappa shape index (κ1) is 14.6. The van der Waals surface area contributed by atoms with Crippen LogP contribution in [0.1, 0.15) is 45.4 Å². The van der Waals surface area contributed by atoms with Crippen molar-refractivity contribution in [2.45, 2.75) is 27.2 Å². The molecule has 20 heavy (non-hydrogen) atoms. The fourth-order valence-electron chi connectivity index (χ4n) is 2.84. The van der Waals surface area contributed by atoms with Crippen molar-refractivity contribution in [2.75, 3.05) is 20.2 Å². The summed E-state index contributed by atoms with van der Waals surface area (Å²) in [5, 5.41) is 0. The van der Waals surface area contributed by atoms with E-state index in [0.29, 0.717) is 17.0 Å². The number of amides is 1. The normalized spacial score (nSPS) is 18.4. The fourth-order valence-corrected chi connectivity index (χ4v) is 2.84. The summed E-state index contributed by atoms with van der Waals surface area (Å²) in [6.07, 6.45) is 1.02. The number of carbonyl (C=O) groups excluding carboxylic acids is 2. The Morgan fingerprint density at radius 2 is 1.80 bits per heavy atom. The van der Waals surface area contributed by atoms with Crippen LogP contribution >= 0.6 is 0 Å². The van der Waals surface area contributed by atoms with Crippen molar-refractivity contribution in [1.29, 1.82) is 0 Å². The summed E-state index contributed by atoms with van der Waals surface area (Å²) in [5.74, 6) is 0.0170. The lowest BCUT2D eigenvalue weighted by molar-refractivity contribution is 0.0591. The maximum absolute atomic E-state index is 12.7. The van der Waals surface area contributed by atoms with Crippen LogP contribution in [0.25, 0.3) is 0 Å². The van der Waals surface area contributed by atoms with Crippen molar-refractivity contribution < 1.29 is 14.3 Å². The molecule has 5 nitrogen and oxygen atoms in total. The number of esters is 1. The van der Waals surface area contributed by atoms with Crippen LogP contribution in [0.5, 0.6) is 0 Å². The van der Waals surface area contributed by atoms with Gasteiger partial charge in [-0.25, -0.2) is 4.79 Å². The van der Waals surface area contributed by atoms with Crippen LogP contribution in [0, 0.1) is 19.8 Å². The average Bonchev–Trinajstić information content (AvgIpc) is 2.95. The van der Waals surface area contributed by atoms with Gasteiger partial charge in [0, 0.05) is 31.5 Å². The highest BCUT2D eigenvalue weighted by Gasteiger charge is 2.32. The summed E-state index contributed by atoms with van der Waals surface area (Å²) in [4.78, 5) is 26.6. The molecule has 2 heterocycles. The van der Waals surface area contributed by atoms with E-state index >= 15 is 0 Å². The number of ether oxygens (including phenoxy) is 1. The first-order chi connectivity index (χ1) is 9.38. The molecular formula is C15H22N2O3. The van der Waals surface area contributed by atoms with Gasteiger partial charge >= 0.3 is 5.97 Å². The maximum Gasteiger partial charge on any atom is 0.340 e. The molecule has 0 aliphatic carbocycles. The van der Waals surface area contributed by atoms with Crippen LogP contribution in [0.4, 0.5) is 0 Å². The highest BCUT2D eigenvalue weighted by molar-refractivity contribution is 6.07. The Kier molecular flexibility index (Phi) is 3.88. The molecule has 1 unspecified atom stereocenters. The SMILES string of the molecule is COC(=O)c1c(C(=O)N2CCC(C)C2)c(C)n(C)c1C. The summed E-state index contributed by atoms with van der Waals surface area (Å²) >= 11 is 0. The van der Waals surface area contributed by atoms with E-state index in [1.807, 2.05) is 30.4 Å². The zero-order valence-corrected chi connectivity index (χ0v) is 12.8. The molecule has 0 N–H and O–H groups in total. The fraction of sp³-hybridized carbons (Fsp3) is 0.600. The second-order valence-electron chi connectivity index (χ2n) is 5.62. The molecule has 1 amide bonds. The standard InChI is InChI=1S/C15H22N2O3/c1-9-6-7-17(8-9)14(18)12-10(2)16(4)11(3)13(12)15(19)20-5/h9H,6-8H2,1-5H3. The summed E-state index contributed by atoms with van der Waals surface area (Å²) in [5.41, 5.74) is 2.47. The molecule has 0 aromatic carbocycles. The van der Waals surface area contributed by atoms with Gasteiger partial charge in [0.2, 0.25) is 0 Å². The number of likely N-dealkylation sites (tertiary alicyclic amines) is 1. The number of hydrogen-bond donors (Lipinski definition) is 0. The minimum absolute atomic E-state index is 0.0593. The lowest BCUT2D eigenvalue weighted by atomic mass is 10.1. The third-order valence-corrected chi connectivity index (χ3v) is 4.29. The van der Waals surface area contributed by atoms with Crippen LogP contribution < -0.4 is 0 Å². The maximum atomic E-state index is 12.7. The summed E-state index contributed by atoms with van der Waals surface area (Å²) in [6.45, 7) is 7.35. The first-order valence-corrected chi connectivity index (χ1v) is 6.91. The van der Waals surface area contributed by atoms with Crippen LogP contribution in [0.3, 0.4) is 0 Å². The molecule has 1 aliphatic rings. The topological polar surface area (TPSA) is 51.5 Å². The van der Waals surface area contributed by atoms with E-state index in [1.54, 1.807) is 0 Å². The van der Waals surface area contributed by atoms with Crippen molar-refractivity contribution in [1.82, 2.24) is 9.47 Å². The molecule has 1 aromatic heterocycles. The van der Waals surface area contributed by atoms with Gasteiger partial charge in [0.05, 0.1) is 18.2 Å². The quantitative estimate of drug-likeness (QED) is 0.777. The van der Waals surface area contributed by atoms with Crippen LogP contribution in [0.15, 0.2) is 0 Å². The summed E-state index contributed by atoms with van der Waals surface area (Å²) < 4.78 is 6.71. The molecule has 1 aromatic rings. The van der Waals surface area contributed by atoms with Gasteiger partial charge in [0.15, 0.2) is 0 Å². The highest BCUT2D eigenvalue weighted by atomic mass is 16.5. The van der Waals surface area contributed by atoms with Crippen molar-refractivity contribution in [2.24, 2.45) is 13.0 Å². The molecule has 1 saturated heterocycles. The first-order valence-electron chi connectivity index (χ1n) is 6.91. The molecule has 2 rings (SSSR count). The third-order valence-electron chi connectivity index (χ3n) is 4.29. The lowest BCUT2D eigenvalue weighted by Crippen LogP contribution is -2.30. The van der Waals surface area contributed by atoms with Gasteiger partial charge in [0.1, 0.15) is 0 Å². The van der Waals surface area contributed by atoms with Gasteiger partial charge in [0.25, 0.3) is 5.91 Å². The zero-order valence-electron chi connectivity index (χ0n) is 12.8. The Bertz CT molecular complexity index is 560. The molecule has 0 bridgehead atoms. The summed E-state index contributed by atoms with van der Waals surface area (Å²) in [6, 6.07) is 0. The molecule has 1 aliphatic heterocycles. The molecule has 0 radical (unpaired) electrons. The molecule has 5 heteroatoms. The monoisotopic (exact) mass is 278 g/mol. The van der Waals surface area contributed by atoms with Crippen LogP contribution in [-0.4, -0.2) is 41.5 Å². The van der Waals surface area contributed by atoms with Crippen LogP contribution in [-0.2, 0) is 11.8 Å². The van der Waals surface area contributed by atoms with E-state index < -0.39 is 5.97 Å². The van der Waals surface area contributed by atoms with Crippen molar-refractivity contribution >= 4 is 11.9 Å². The van der Waals surface area contributed by atoms with Gasteiger partial charge in [-0.15, -0.1) is 0 Å². The predicted molar refractivity (Wildman–Crippen MR) is 75.9 cm³/mol. The van der Waals surface area contributed by atoms with Crippen molar-refractivity contribution in [3.63, 3.8) is 0 Å². The Balaban J connectivity index is 2.47. The molecular weight excluding hydrogens is 256 g/mol. The highest BCUT2D eigenvalue weighted by Crippen LogP contribution is 2.26. The lowest BCUT2D eigenvalue weighted by Gasteiger charge is -2.16. The molecule has 1 fully saturated rings. The molecule has 0 saturated carbocycles. The molecule has 0 spiro atoms. The smallest absolute Gasteiger partial charge is 0.340 e.